The van der Waals surface area contributed by atoms with Crippen LogP contribution in [0.1, 0.15) is 59.8 Å². The molecule has 1 nitrogen and oxygen atoms in total. The van der Waals surface area contributed by atoms with E-state index in [4.69, 9.17) is 0 Å². The summed E-state index contributed by atoms with van der Waals surface area (Å²) in [5.41, 5.74) is 1.27. The number of fused-ring (bicyclic) bond motifs is 2. The molecule has 0 spiro atoms. The van der Waals surface area contributed by atoms with Gasteiger partial charge in [-0.1, -0.05) is 46.6 Å². The number of rotatable bonds is 3. The Morgan fingerprint density at radius 2 is 2.06 bits per heavy atom. The molecule has 0 radical (unpaired) electrons. The predicted octanol–water partition coefficient (Wildman–Crippen LogP) is 4.13. The van der Waals surface area contributed by atoms with Gasteiger partial charge in [0.05, 0.1) is 0 Å². The van der Waals surface area contributed by atoms with Crippen LogP contribution in [-0.4, -0.2) is 5.78 Å². The molecule has 0 aromatic carbocycles. The lowest BCUT2D eigenvalue weighted by molar-refractivity contribution is -0.125. The molecule has 0 N–H and O–H groups in total. The molecule has 1 heteroatoms. The number of carbonyl (C=O) groups excluding carboxylic acids is 1. The third kappa shape index (κ3) is 1.33. The van der Waals surface area contributed by atoms with Crippen molar-refractivity contribution in [1.82, 2.24) is 0 Å². The third-order valence-electron chi connectivity index (χ3n) is 5.29. The zero-order chi connectivity index (χ0) is 12.0. The Hall–Kier alpha value is -0.590. The second-order valence-electron chi connectivity index (χ2n) is 6.28. The normalized spacial score (nSPS) is 38.6. The average Bonchev–Trinajstić information content (AvgIpc) is 2.53. The van der Waals surface area contributed by atoms with Crippen molar-refractivity contribution in [3.63, 3.8) is 0 Å². The molecule has 0 aromatic heterocycles. The standard InChI is InChI=1S/C15H24O/c1-5-6-7-8-11-12-9-10-15(4,13(11)16)14(12,2)3/h8,12H,5-7,9-10H2,1-4H3/b11-8+. The summed E-state index contributed by atoms with van der Waals surface area (Å²) in [4.78, 5) is 12.4. The maximum absolute atomic E-state index is 12.4. The van der Waals surface area contributed by atoms with Gasteiger partial charge in [0.1, 0.15) is 0 Å². The molecule has 2 unspecified atom stereocenters. The summed E-state index contributed by atoms with van der Waals surface area (Å²) in [5.74, 6) is 0.978. The highest BCUT2D eigenvalue weighted by atomic mass is 16.1. The highest BCUT2D eigenvalue weighted by Crippen LogP contribution is 2.65. The second kappa shape index (κ2) is 3.72. The highest BCUT2D eigenvalue weighted by Gasteiger charge is 2.63. The lowest BCUT2D eigenvalue weighted by atomic mass is 9.70. The van der Waals surface area contributed by atoms with Crippen molar-refractivity contribution in [2.75, 3.05) is 0 Å². The van der Waals surface area contributed by atoms with Crippen LogP contribution in [0.15, 0.2) is 11.6 Å². The van der Waals surface area contributed by atoms with E-state index in [9.17, 15) is 4.79 Å². The molecule has 2 saturated carbocycles. The minimum absolute atomic E-state index is 0.0737. The van der Waals surface area contributed by atoms with Crippen LogP contribution in [0.5, 0.6) is 0 Å². The number of hydrogen-bond acceptors (Lipinski definition) is 1. The molecular formula is C15H24O. The first kappa shape index (κ1) is 11.9. The van der Waals surface area contributed by atoms with Crippen LogP contribution in [-0.2, 0) is 4.79 Å². The van der Waals surface area contributed by atoms with Crippen LogP contribution in [0.4, 0.5) is 0 Å². The first-order chi connectivity index (χ1) is 7.45. The molecule has 0 amide bonds. The quantitative estimate of drug-likeness (QED) is 0.516. The Morgan fingerprint density at radius 3 is 2.56 bits per heavy atom. The number of ketones is 1. The Kier molecular flexibility index (Phi) is 2.76. The maximum Gasteiger partial charge on any atom is 0.165 e. The van der Waals surface area contributed by atoms with Gasteiger partial charge < -0.3 is 0 Å². The second-order valence-corrected chi connectivity index (χ2v) is 6.28. The van der Waals surface area contributed by atoms with E-state index in [2.05, 4.69) is 33.8 Å². The zero-order valence-electron chi connectivity index (χ0n) is 11.1. The minimum atomic E-state index is -0.0737. The van der Waals surface area contributed by atoms with Gasteiger partial charge in [-0.25, -0.2) is 0 Å². The molecule has 0 heterocycles. The fourth-order valence-electron chi connectivity index (χ4n) is 3.62. The van der Waals surface area contributed by atoms with Crippen LogP contribution in [0.2, 0.25) is 0 Å². The van der Waals surface area contributed by atoms with Crippen LogP contribution in [0.3, 0.4) is 0 Å². The van der Waals surface area contributed by atoms with Gasteiger partial charge in [-0.3, -0.25) is 4.79 Å². The van der Waals surface area contributed by atoms with Crippen LogP contribution in [0, 0.1) is 16.7 Å². The summed E-state index contributed by atoms with van der Waals surface area (Å²) in [6.07, 6.45) is 8.05. The minimum Gasteiger partial charge on any atom is -0.294 e. The van der Waals surface area contributed by atoms with E-state index in [1.54, 1.807) is 0 Å². The molecule has 2 aliphatic carbocycles. The van der Waals surface area contributed by atoms with Gasteiger partial charge in [0, 0.05) is 5.41 Å². The van der Waals surface area contributed by atoms with Crippen molar-refractivity contribution in [3.05, 3.63) is 11.6 Å². The smallest absolute Gasteiger partial charge is 0.165 e. The van der Waals surface area contributed by atoms with Crippen LogP contribution < -0.4 is 0 Å². The van der Waals surface area contributed by atoms with Gasteiger partial charge >= 0.3 is 0 Å². The number of allylic oxidation sites excluding steroid dienone is 2. The Labute approximate surface area is 99.3 Å². The largest absolute Gasteiger partial charge is 0.294 e. The van der Waals surface area contributed by atoms with Gasteiger partial charge in [0.15, 0.2) is 5.78 Å². The number of carbonyl (C=O) groups is 1. The molecule has 2 rings (SSSR count). The van der Waals surface area contributed by atoms with E-state index < -0.39 is 0 Å². The molecule has 90 valence electrons. The van der Waals surface area contributed by atoms with Crippen molar-refractivity contribution in [3.8, 4) is 0 Å². The topological polar surface area (TPSA) is 17.1 Å². The summed E-state index contributed by atoms with van der Waals surface area (Å²) in [5, 5.41) is 0. The van der Waals surface area contributed by atoms with E-state index in [0.717, 1.165) is 18.4 Å². The van der Waals surface area contributed by atoms with Gasteiger partial charge in [0.25, 0.3) is 0 Å². The molecule has 0 aromatic rings. The summed E-state index contributed by atoms with van der Waals surface area (Å²) < 4.78 is 0. The molecule has 2 bridgehead atoms. The van der Waals surface area contributed by atoms with Gasteiger partial charge in [-0.05, 0) is 36.2 Å². The van der Waals surface area contributed by atoms with Gasteiger partial charge in [-0.2, -0.15) is 0 Å². The first-order valence-corrected chi connectivity index (χ1v) is 6.70. The fourth-order valence-corrected chi connectivity index (χ4v) is 3.62. The number of unbranched alkanes of at least 4 members (excludes halogenated alkanes) is 2. The lowest BCUT2D eigenvalue weighted by Crippen LogP contribution is -2.32. The number of hydrogen-bond donors (Lipinski definition) is 0. The zero-order valence-corrected chi connectivity index (χ0v) is 11.1. The monoisotopic (exact) mass is 220 g/mol. The van der Waals surface area contributed by atoms with E-state index in [0.29, 0.717) is 11.7 Å². The van der Waals surface area contributed by atoms with E-state index in [1.165, 1.54) is 19.3 Å². The number of Topliss-reactive ketones (excluding diaryl/α,β-unsaturated/α-hetero) is 1. The van der Waals surface area contributed by atoms with Crippen molar-refractivity contribution in [2.45, 2.75) is 59.8 Å². The van der Waals surface area contributed by atoms with E-state index in [-0.39, 0.29) is 10.8 Å². The molecule has 16 heavy (non-hydrogen) atoms. The highest BCUT2D eigenvalue weighted by molar-refractivity contribution is 6.04. The molecule has 2 aliphatic rings. The molecule has 0 aliphatic heterocycles. The molecule has 0 saturated heterocycles. The van der Waals surface area contributed by atoms with Crippen LogP contribution in [0.25, 0.3) is 0 Å². The fraction of sp³-hybridized carbons (Fsp3) is 0.800. The Balaban J connectivity index is 2.26. The first-order valence-electron chi connectivity index (χ1n) is 6.70. The molecule has 2 atom stereocenters. The van der Waals surface area contributed by atoms with E-state index in [1.807, 2.05) is 0 Å². The average molecular weight is 220 g/mol. The maximum atomic E-state index is 12.4. The molecule has 2 fully saturated rings. The lowest BCUT2D eigenvalue weighted by Gasteiger charge is -2.31. The summed E-state index contributed by atoms with van der Waals surface area (Å²) >= 11 is 0. The van der Waals surface area contributed by atoms with Gasteiger partial charge in [0.2, 0.25) is 0 Å². The van der Waals surface area contributed by atoms with Crippen molar-refractivity contribution in [2.24, 2.45) is 16.7 Å². The van der Waals surface area contributed by atoms with Crippen molar-refractivity contribution in [1.29, 1.82) is 0 Å². The SMILES string of the molecule is CCCC/C=C1/C(=O)C2(C)CCC1C2(C)C. The van der Waals surface area contributed by atoms with Crippen LogP contribution >= 0.6 is 0 Å². The summed E-state index contributed by atoms with van der Waals surface area (Å²) in [6, 6.07) is 0. The predicted molar refractivity (Wildman–Crippen MR) is 67.2 cm³/mol. The van der Waals surface area contributed by atoms with E-state index >= 15 is 0 Å². The van der Waals surface area contributed by atoms with Crippen molar-refractivity contribution < 1.29 is 4.79 Å². The Bertz CT molecular complexity index is 337. The third-order valence-corrected chi connectivity index (χ3v) is 5.29. The Morgan fingerprint density at radius 1 is 1.38 bits per heavy atom. The van der Waals surface area contributed by atoms with Crippen molar-refractivity contribution >= 4 is 5.78 Å². The van der Waals surface area contributed by atoms with Gasteiger partial charge in [-0.15, -0.1) is 0 Å². The summed E-state index contributed by atoms with van der Waals surface area (Å²) in [7, 11) is 0. The molecular weight excluding hydrogens is 196 g/mol. The summed E-state index contributed by atoms with van der Waals surface area (Å²) in [6.45, 7) is 8.94.